The molecule has 1 saturated heterocycles. The summed E-state index contributed by atoms with van der Waals surface area (Å²) in [6.45, 7) is 2.14. The van der Waals surface area contributed by atoms with Crippen molar-refractivity contribution in [2.24, 2.45) is 0 Å². The first-order chi connectivity index (χ1) is 16.5. The van der Waals surface area contributed by atoms with Crippen LogP contribution in [0.5, 0.6) is 0 Å². The van der Waals surface area contributed by atoms with Crippen molar-refractivity contribution in [2.75, 3.05) is 13.1 Å². The van der Waals surface area contributed by atoms with E-state index in [1.165, 1.54) is 22.9 Å². The van der Waals surface area contributed by atoms with Gasteiger partial charge in [0, 0.05) is 12.5 Å². The Labute approximate surface area is 197 Å². The molecule has 5 heteroatoms. The second-order valence-corrected chi connectivity index (χ2v) is 8.83. The lowest BCUT2D eigenvalue weighted by Crippen LogP contribution is -2.41. The Morgan fingerprint density at radius 1 is 0.794 bits per heavy atom. The lowest BCUT2D eigenvalue weighted by molar-refractivity contribution is -0.137. The highest BCUT2D eigenvalue weighted by atomic mass is 19.4. The van der Waals surface area contributed by atoms with Crippen LogP contribution in [0, 0.1) is 0 Å². The van der Waals surface area contributed by atoms with E-state index in [4.69, 9.17) is 4.74 Å². The topological polar surface area (TPSA) is 21.3 Å². The number of hydrogen-bond acceptors (Lipinski definition) is 2. The van der Waals surface area contributed by atoms with Crippen molar-refractivity contribution in [1.29, 1.82) is 0 Å². The molecule has 2 atom stereocenters. The molecule has 174 valence electrons. The van der Waals surface area contributed by atoms with Gasteiger partial charge in [-0.15, -0.1) is 0 Å². The highest BCUT2D eigenvalue weighted by Gasteiger charge is 2.31. The number of nitrogens with one attached hydrogen (secondary N) is 1. The molecular weight excluding hydrogens is 435 g/mol. The molecule has 5 rings (SSSR count). The Kier molecular flexibility index (Phi) is 6.40. The van der Waals surface area contributed by atoms with Crippen LogP contribution in [-0.2, 0) is 17.5 Å². The number of halogens is 3. The van der Waals surface area contributed by atoms with Gasteiger partial charge in [0.05, 0.1) is 18.3 Å². The van der Waals surface area contributed by atoms with Crippen molar-refractivity contribution in [2.45, 2.75) is 31.2 Å². The molecule has 1 aliphatic rings. The molecule has 4 aromatic rings. The number of alkyl halides is 3. The normalized spacial score (nSPS) is 18.8. The predicted octanol–water partition coefficient (Wildman–Crippen LogP) is 7.19. The van der Waals surface area contributed by atoms with Gasteiger partial charge in [-0.25, -0.2) is 0 Å². The number of fused-ring (bicyclic) bond motifs is 1. The molecule has 0 bridgehead atoms. The smallest absolute Gasteiger partial charge is 0.372 e. The summed E-state index contributed by atoms with van der Waals surface area (Å²) >= 11 is 0. The van der Waals surface area contributed by atoms with E-state index < -0.39 is 11.7 Å². The summed E-state index contributed by atoms with van der Waals surface area (Å²) in [5.41, 5.74) is 2.95. The molecule has 1 heterocycles. The third-order valence-electron chi connectivity index (χ3n) is 6.54. The van der Waals surface area contributed by atoms with Crippen molar-refractivity contribution < 1.29 is 17.9 Å². The lowest BCUT2D eigenvalue weighted by Gasteiger charge is -2.33. The van der Waals surface area contributed by atoms with Crippen LogP contribution in [0.2, 0.25) is 0 Å². The van der Waals surface area contributed by atoms with E-state index in [9.17, 15) is 13.2 Å². The number of rotatable bonds is 5. The molecule has 0 radical (unpaired) electrons. The minimum absolute atomic E-state index is 0.0167. The fraction of sp³-hybridized carbons (Fsp3) is 0.241. The molecule has 4 aromatic carbocycles. The van der Waals surface area contributed by atoms with Gasteiger partial charge in [0.15, 0.2) is 0 Å². The van der Waals surface area contributed by atoms with E-state index >= 15 is 0 Å². The van der Waals surface area contributed by atoms with Crippen molar-refractivity contribution in [3.8, 4) is 11.1 Å². The largest absolute Gasteiger partial charge is 0.416 e. The Morgan fingerprint density at radius 2 is 1.56 bits per heavy atom. The molecule has 1 fully saturated rings. The van der Waals surface area contributed by atoms with Gasteiger partial charge in [-0.3, -0.25) is 0 Å². The minimum Gasteiger partial charge on any atom is -0.372 e. The Balaban J connectivity index is 1.35. The molecule has 0 aliphatic carbocycles. The summed E-state index contributed by atoms with van der Waals surface area (Å²) in [5, 5.41) is 5.81. The maximum atomic E-state index is 13.2. The van der Waals surface area contributed by atoms with Crippen LogP contribution in [0.25, 0.3) is 21.9 Å². The summed E-state index contributed by atoms with van der Waals surface area (Å²) in [6, 6.07) is 28.0. The molecule has 34 heavy (non-hydrogen) atoms. The van der Waals surface area contributed by atoms with Crippen molar-refractivity contribution in [3.63, 3.8) is 0 Å². The van der Waals surface area contributed by atoms with Crippen LogP contribution >= 0.6 is 0 Å². The average Bonchev–Trinajstić information content (AvgIpc) is 2.87. The third-order valence-corrected chi connectivity index (χ3v) is 6.54. The van der Waals surface area contributed by atoms with Crippen LogP contribution in [0.15, 0.2) is 91.0 Å². The third kappa shape index (κ3) is 5.01. The molecule has 2 nitrogen and oxygen atoms in total. The minimum atomic E-state index is -4.36. The number of ether oxygens (including phenoxy) is 1. The van der Waals surface area contributed by atoms with E-state index in [0.29, 0.717) is 12.2 Å². The predicted molar refractivity (Wildman–Crippen MR) is 130 cm³/mol. The standard InChI is InChI=1S/C29H26F3NO/c30-29(31,32)26-10-4-8-24(17-26)23-7-3-9-25(16-23)27-13-14-33-18-28(27)34-19-20-11-12-21-5-1-2-6-22(21)15-20/h1-12,15-17,27-28,33H,13-14,18-19H2. The van der Waals surface area contributed by atoms with Gasteiger partial charge in [0.1, 0.15) is 0 Å². The first kappa shape index (κ1) is 22.6. The van der Waals surface area contributed by atoms with Gasteiger partial charge in [-0.05, 0) is 64.2 Å². The van der Waals surface area contributed by atoms with Crippen LogP contribution in [0.1, 0.15) is 29.0 Å². The number of benzene rings is 4. The first-order valence-electron chi connectivity index (χ1n) is 11.5. The first-order valence-corrected chi connectivity index (χ1v) is 11.5. The molecule has 1 aliphatic heterocycles. The van der Waals surface area contributed by atoms with E-state index in [2.05, 4.69) is 41.7 Å². The lowest BCUT2D eigenvalue weighted by atomic mass is 9.86. The maximum absolute atomic E-state index is 13.2. The number of hydrogen-bond donors (Lipinski definition) is 1. The quantitative estimate of drug-likeness (QED) is 0.340. The Hall–Kier alpha value is -3.15. The van der Waals surface area contributed by atoms with E-state index in [0.717, 1.165) is 42.3 Å². The highest BCUT2D eigenvalue weighted by Crippen LogP contribution is 2.34. The van der Waals surface area contributed by atoms with Gasteiger partial charge in [-0.1, -0.05) is 72.8 Å². The molecular formula is C29H26F3NO. The van der Waals surface area contributed by atoms with Crippen LogP contribution in [0.4, 0.5) is 13.2 Å². The fourth-order valence-electron chi connectivity index (χ4n) is 4.74. The molecule has 2 unspecified atom stereocenters. The summed E-state index contributed by atoms with van der Waals surface area (Å²) in [4.78, 5) is 0. The molecule has 0 saturated carbocycles. The zero-order valence-electron chi connectivity index (χ0n) is 18.7. The van der Waals surface area contributed by atoms with Crippen LogP contribution in [-0.4, -0.2) is 19.2 Å². The summed E-state index contributed by atoms with van der Waals surface area (Å²) < 4.78 is 46.0. The average molecular weight is 462 g/mol. The van der Waals surface area contributed by atoms with Crippen LogP contribution < -0.4 is 5.32 Å². The Morgan fingerprint density at radius 3 is 2.38 bits per heavy atom. The zero-order valence-corrected chi connectivity index (χ0v) is 18.7. The molecule has 1 N–H and O–H groups in total. The molecule has 0 aromatic heterocycles. The van der Waals surface area contributed by atoms with E-state index in [1.54, 1.807) is 6.07 Å². The monoisotopic (exact) mass is 461 g/mol. The maximum Gasteiger partial charge on any atom is 0.416 e. The summed E-state index contributed by atoms with van der Waals surface area (Å²) in [7, 11) is 0. The van der Waals surface area contributed by atoms with Crippen molar-refractivity contribution >= 4 is 10.8 Å². The van der Waals surface area contributed by atoms with Gasteiger partial charge >= 0.3 is 6.18 Å². The highest BCUT2D eigenvalue weighted by molar-refractivity contribution is 5.82. The fourth-order valence-corrected chi connectivity index (χ4v) is 4.74. The van der Waals surface area contributed by atoms with E-state index in [1.807, 2.05) is 30.3 Å². The van der Waals surface area contributed by atoms with Gasteiger partial charge in [0.25, 0.3) is 0 Å². The van der Waals surface area contributed by atoms with Crippen LogP contribution in [0.3, 0.4) is 0 Å². The Bertz CT molecular complexity index is 1280. The van der Waals surface area contributed by atoms with Gasteiger partial charge < -0.3 is 10.1 Å². The molecule has 0 spiro atoms. The van der Waals surface area contributed by atoms with Crippen molar-refractivity contribution in [1.82, 2.24) is 5.32 Å². The van der Waals surface area contributed by atoms with E-state index in [-0.39, 0.29) is 12.0 Å². The summed E-state index contributed by atoms with van der Waals surface area (Å²) in [5.74, 6) is 0.174. The second-order valence-electron chi connectivity index (χ2n) is 8.83. The second kappa shape index (κ2) is 9.61. The van der Waals surface area contributed by atoms with Gasteiger partial charge in [-0.2, -0.15) is 13.2 Å². The summed E-state index contributed by atoms with van der Waals surface area (Å²) in [6.07, 6.45) is -3.46. The SMILES string of the molecule is FC(F)(F)c1cccc(-c2cccc(C3CCNCC3OCc3ccc4ccccc4c3)c2)c1. The number of piperidine rings is 1. The van der Waals surface area contributed by atoms with Crippen molar-refractivity contribution in [3.05, 3.63) is 108 Å². The molecule has 0 amide bonds. The zero-order chi connectivity index (χ0) is 23.5. The van der Waals surface area contributed by atoms with Gasteiger partial charge in [0.2, 0.25) is 0 Å².